The number of rotatable bonds is 5. The number of aryl methyl sites for hydroxylation is 2. The van der Waals surface area contributed by atoms with Crippen LogP contribution in [0.5, 0.6) is 0 Å². The van der Waals surface area contributed by atoms with E-state index in [-0.39, 0.29) is 0 Å². The Morgan fingerprint density at radius 3 is 2.62 bits per heavy atom. The molecule has 1 aliphatic heterocycles. The Morgan fingerprint density at radius 2 is 2.05 bits per heavy atom. The van der Waals surface area contributed by atoms with Crippen molar-refractivity contribution in [2.24, 2.45) is 7.05 Å². The molecule has 0 aromatic carbocycles. The van der Waals surface area contributed by atoms with E-state index in [0.29, 0.717) is 12.1 Å². The Hall–Kier alpha value is -0.620. The average molecular weight is 314 g/mol. The summed E-state index contributed by atoms with van der Waals surface area (Å²) in [6.45, 7) is 5.42. The van der Waals surface area contributed by atoms with Crippen molar-refractivity contribution in [1.82, 2.24) is 24.9 Å². The smallest absolute Gasteiger partial charge is 0.0850 e. The number of halogens is 1. The first-order valence-electron chi connectivity index (χ1n) is 7.74. The second-order valence-corrected chi connectivity index (χ2v) is 6.47. The molecule has 2 atom stereocenters. The summed E-state index contributed by atoms with van der Waals surface area (Å²) in [4.78, 5) is 4.85. The number of hydrogen-bond donors (Lipinski definition) is 1. The predicted molar refractivity (Wildman–Crippen MR) is 88.1 cm³/mol. The van der Waals surface area contributed by atoms with Crippen molar-refractivity contribution in [3.63, 3.8) is 0 Å². The minimum absolute atomic E-state index is 0.371. The summed E-state index contributed by atoms with van der Waals surface area (Å²) in [6.07, 6.45) is 1.78. The van der Waals surface area contributed by atoms with E-state index in [1.54, 1.807) is 0 Å². The molecule has 2 rings (SSSR count). The van der Waals surface area contributed by atoms with Gasteiger partial charge in [-0.1, -0.05) is 18.5 Å². The highest BCUT2D eigenvalue weighted by Crippen LogP contribution is 2.23. The topological polar surface area (TPSA) is 36.3 Å². The number of piperazine rings is 1. The Labute approximate surface area is 133 Å². The molecule has 120 valence electrons. The van der Waals surface area contributed by atoms with Crippen molar-refractivity contribution >= 4 is 11.6 Å². The molecular formula is C15H28ClN5. The predicted octanol–water partition coefficient (Wildman–Crippen LogP) is 1.01. The molecule has 1 fully saturated rings. The van der Waals surface area contributed by atoms with Crippen molar-refractivity contribution in [1.29, 1.82) is 0 Å². The molecule has 1 aromatic rings. The zero-order valence-electron chi connectivity index (χ0n) is 13.9. The summed E-state index contributed by atoms with van der Waals surface area (Å²) in [5, 5.41) is 8.85. The van der Waals surface area contributed by atoms with Crippen molar-refractivity contribution in [2.75, 3.05) is 40.8 Å². The third-order valence-electron chi connectivity index (χ3n) is 4.65. The fraction of sp³-hybridized carbons (Fsp3) is 0.800. The normalized spacial score (nSPS) is 22.7. The molecule has 1 aromatic heterocycles. The molecule has 5 nitrogen and oxygen atoms in total. The summed E-state index contributed by atoms with van der Waals surface area (Å²) >= 11 is 6.50. The van der Waals surface area contributed by atoms with E-state index in [2.05, 4.69) is 41.2 Å². The second-order valence-electron chi connectivity index (χ2n) is 6.09. The molecule has 1 aliphatic rings. The van der Waals surface area contributed by atoms with Gasteiger partial charge in [-0.3, -0.25) is 9.58 Å². The highest BCUT2D eigenvalue weighted by molar-refractivity contribution is 6.31. The van der Waals surface area contributed by atoms with Gasteiger partial charge >= 0.3 is 0 Å². The lowest BCUT2D eigenvalue weighted by Crippen LogP contribution is -2.58. The SMILES string of the molecule is CCc1nn(C)c(CC(NC)C2CN(C)CCN2C)c1Cl. The Kier molecular flexibility index (Phi) is 5.66. The van der Waals surface area contributed by atoms with Gasteiger partial charge in [0.2, 0.25) is 0 Å². The molecule has 2 unspecified atom stereocenters. The fourth-order valence-corrected chi connectivity index (χ4v) is 3.53. The van der Waals surface area contributed by atoms with Crippen LogP contribution in [0.25, 0.3) is 0 Å². The highest BCUT2D eigenvalue weighted by Gasteiger charge is 2.30. The van der Waals surface area contributed by atoms with Gasteiger partial charge in [0.25, 0.3) is 0 Å². The summed E-state index contributed by atoms with van der Waals surface area (Å²) in [5.41, 5.74) is 2.13. The van der Waals surface area contributed by atoms with E-state index in [1.165, 1.54) is 0 Å². The van der Waals surface area contributed by atoms with Gasteiger partial charge in [-0.15, -0.1) is 0 Å². The van der Waals surface area contributed by atoms with Gasteiger partial charge in [0.05, 0.1) is 16.4 Å². The number of nitrogens with zero attached hydrogens (tertiary/aromatic N) is 4. The third kappa shape index (κ3) is 3.59. The van der Waals surface area contributed by atoms with E-state index in [1.807, 2.05) is 18.8 Å². The van der Waals surface area contributed by atoms with Crippen LogP contribution in [0.1, 0.15) is 18.3 Å². The Bertz CT molecular complexity index is 473. The zero-order chi connectivity index (χ0) is 15.6. The first kappa shape index (κ1) is 16.7. The molecule has 0 spiro atoms. The summed E-state index contributed by atoms with van der Waals surface area (Å²) in [7, 11) is 8.44. The maximum atomic E-state index is 6.50. The Morgan fingerprint density at radius 1 is 1.33 bits per heavy atom. The maximum Gasteiger partial charge on any atom is 0.0850 e. The Balaban J connectivity index is 2.17. The monoisotopic (exact) mass is 313 g/mol. The molecule has 2 heterocycles. The summed E-state index contributed by atoms with van der Waals surface area (Å²) in [5.74, 6) is 0. The van der Waals surface area contributed by atoms with E-state index in [0.717, 1.165) is 48.9 Å². The molecule has 6 heteroatoms. The molecule has 1 N–H and O–H groups in total. The minimum atomic E-state index is 0.371. The summed E-state index contributed by atoms with van der Waals surface area (Å²) < 4.78 is 1.94. The van der Waals surface area contributed by atoms with Crippen molar-refractivity contribution in [3.8, 4) is 0 Å². The lowest BCUT2D eigenvalue weighted by atomic mass is 9.99. The second kappa shape index (κ2) is 7.09. The van der Waals surface area contributed by atoms with Crippen LogP contribution in [-0.2, 0) is 19.9 Å². The first-order valence-corrected chi connectivity index (χ1v) is 8.12. The lowest BCUT2D eigenvalue weighted by molar-refractivity contribution is 0.0892. The van der Waals surface area contributed by atoms with Gasteiger partial charge in [-0.2, -0.15) is 5.10 Å². The van der Waals surface area contributed by atoms with Crippen molar-refractivity contribution in [3.05, 3.63) is 16.4 Å². The van der Waals surface area contributed by atoms with Gasteiger partial charge in [0, 0.05) is 45.2 Å². The van der Waals surface area contributed by atoms with Crippen LogP contribution in [0.15, 0.2) is 0 Å². The molecule has 0 bridgehead atoms. The highest BCUT2D eigenvalue weighted by atomic mass is 35.5. The largest absolute Gasteiger partial charge is 0.315 e. The molecule has 21 heavy (non-hydrogen) atoms. The van der Waals surface area contributed by atoms with Crippen molar-refractivity contribution in [2.45, 2.75) is 31.8 Å². The molecule has 1 saturated heterocycles. The van der Waals surface area contributed by atoms with Gasteiger partial charge < -0.3 is 10.2 Å². The molecule has 0 aliphatic carbocycles. The van der Waals surface area contributed by atoms with Crippen LogP contribution < -0.4 is 5.32 Å². The van der Waals surface area contributed by atoms with Crippen LogP contribution in [-0.4, -0.2) is 72.4 Å². The molecule has 0 amide bonds. The van der Waals surface area contributed by atoms with E-state index in [9.17, 15) is 0 Å². The molecule has 0 radical (unpaired) electrons. The standard InChI is InChI=1S/C15H28ClN5/c1-6-11-15(16)13(21(5)18-11)9-12(17-2)14-10-19(3)7-8-20(14)4/h12,14,17H,6-10H2,1-5H3. The van der Waals surface area contributed by atoms with Gasteiger partial charge in [0.15, 0.2) is 0 Å². The molecule has 0 saturated carbocycles. The summed E-state index contributed by atoms with van der Waals surface area (Å²) in [6, 6.07) is 0.861. The minimum Gasteiger partial charge on any atom is -0.315 e. The third-order valence-corrected chi connectivity index (χ3v) is 5.09. The van der Waals surface area contributed by atoms with Crippen LogP contribution >= 0.6 is 11.6 Å². The van der Waals surface area contributed by atoms with E-state index < -0.39 is 0 Å². The fourth-order valence-electron chi connectivity index (χ4n) is 3.16. The average Bonchev–Trinajstić information content (AvgIpc) is 2.74. The van der Waals surface area contributed by atoms with Crippen LogP contribution in [0, 0.1) is 0 Å². The number of nitrogens with one attached hydrogen (secondary N) is 1. The van der Waals surface area contributed by atoms with Gasteiger partial charge in [0.1, 0.15) is 0 Å². The number of hydrogen-bond acceptors (Lipinski definition) is 4. The van der Waals surface area contributed by atoms with Gasteiger partial charge in [-0.05, 0) is 27.6 Å². The quantitative estimate of drug-likeness (QED) is 0.880. The first-order chi connectivity index (χ1) is 9.97. The van der Waals surface area contributed by atoms with Crippen LogP contribution in [0.4, 0.5) is 0 Å². The van der Waals surface area contributed by atoms with Crippen LogP contribution in [0.3, 0.4) is 0 Å². The maximum absolute atomic E-state index is 6.50. The number of aromatic nitrogens is 2. The van der Waals surface area contributed by atoms with Crippen LogP contribution in [0.2, 0.25) is 5.02 Å². The van der Waals surface area contributed by atoms with E-state index >= 15 is 0 Å². The molecular weight excluding hydrogens is 286 g/mol. The van der Waals surface area contributed by atoms with Crippen molar-refractivity contribution < 1.29 is 0 Å². The lowest BCUT2D eigenvalue weighted by Gasteiger charge is -2.42. The zero-order valence-corrected chi connectivity index (χ0v) is 14.6. The van der Waals surface area contributed by atoms with Gasteiger partial charge in [-0.25, -0.2) is 0 Å². The number of likely N-dealkylation sites (N-methyl/N-ethyl adjacent to an activating group) is 3. The van der Waals surface area contributed by atoms with E-state index in [4.69, 9.17) is 11.6 Å².